The minimum absolute atomic E-state index is 0.0179. The van der Waals surface area contributed by atoms with Gasteiger partial charge in [-0.1, -0.05) is 19.9 Å². The average molecular weight is 379 g/mol. The van der Waals surface area contributed by atoms with E-state index in [4.69, 9.17) is 4.98 Å². The molecule has 1 amide bonds. The van der Waals surface area contributed by atoms with Crippen molar-refractivity contribution < 1.29 is 4.79 Å². The number of pyridine rings is 1. The molecule has 1 saturated carbocycles. The zero-order chi connectivity index (χ0) is 18.6. The quantitative estimate of drug-likeness (QED) is 0.754. The highest BCUT2D eigenvalue weighted by molar-refractivity contribution is 7.10. The van der Waals surface area contributed by atoms with Gasteiger partial charge in [0.15, 0.2) is 0 Å². The van der Waals surface area contributed by atoms with Gasteiger partial charge >= 0.3 is 0 Å². The molecule has 0 radical (unpaired) electrons. The second-order valence-electron chi connectivity index (χ2n) is 8.17. The van der Waals surface area contributed by atoms with Crippen LogP contribution in [0.15, 0.2) is 42.0 Å². The number of thiophene rings is 1. The first-order chi connectivity index (χ1) is 13.0. The Morgan fingerprint density at radius 2 is 2.15 bits per heavy atom. The van der Waals surface area contributed by atoms with E-state index in [0.29, 0.717) is 6.54 Å². The Balaban J connectivity index is 1.43. The van der Waals surface area contributed by atoms with Crippen LogP contribution in [0.5, 0.6) is 0 Å². The summed E-state index contributed by atoms with van der Waals surface area (Å²) in [5.74, 6) is 1.10. The lowest BCUT2D eigenvalue weighted by molar-refractivity contribution is -0.135. The van der Waals surface area contributed by atoms with Gasteiger partial charge in [-0.3, -0.25) is 9.78 Å². The highest BCUT2D eigenvalue weighted by atomic mass is 32.1. The van der Waals surface area contributed by atoms with E-state index in [2.05, 4.69) is 35.3 Å². The van der Waals surface area contributed by atoms with Crippen molar-refractivity contribution in [3.8, 4) is 11.4 Å². The molecule has 0 bridgehead atoms. The third-order valence-corrected chi connectivity index (χ3v) is 7.13. The molecule has 27 heavy (non-hydrogen) atoms. The van der Waals surface area contributed by atoms with Crippen LogP contribution >= 0.6 is 11.3 Å². The second-order valence-corrected chi connectivity index (χ2v) is 9.12. The molecule has 1 atom stereocenters. The maximum atomic E-state index is 13.6. The van der Waals surface area contributed by atoms with Gasteiger partial charge in [-0.05, 0) is 35.4 Å². The van der Waals surface area contributed by atoms with Crippen molar-refractivity contribution in [2.75, 3.05) is 6.54 Å². The Morgan fingerprint density at radius 3 is 2.81 bits per heavy atom. The van der Waals surface area contributed by atoms with E-state index in [0.717, 1.165) is 42.2 Å². The van der Waals surface area contributed by atoms with E-state index >= 15 is 0 Å². The van der Waals surface area contributed by atoms with Crippen LogP contribution in [0.25, 0.3) is 11.4 Å². The summed E-state index contributed by atoms with van der Waals surface area (Å²) in [4.78, 5) is 29.1. The Bertz CT molecular complexity index is 993. The molecular formula is C21H22N4OS. The molecule has 5 nitrogen and oxygen atoms in total. The van der Waals surface area contributed by atoms with Gasteiger partial charge in [-0.15, -0.1) is 11.3 Å². The van der Waals surface area contributed by atoms with Crippen molar-refractivity contribution in [1.82, 2.24) is 19.9 Å². The first-order valence-electron chi connectivity index (χ1n) is 9.33. The number of rotatable bonds is 3. The molecule has 1 aliphatic heterocycles. The van der Waals surface area contributed by atoms with Gasteiger partial charge in [0.1, 0.15) is 5.82 Å². The summed E-state index contributed by atoms with van der Waals surface area (Å²) >= 11 is 1.70. The summed E-state index contributed by atoms with van der Waals surface area (Å²) < 4.78 is 0. The summed E-state index contributed by atoms with van der Waals surface area (Å²) in [5, 5.41) is 2.07. The lowest BCUT2D eigenvalue weighted by Gasteiger charge is -2.31. The summed E-state index contributed by atoms with van der Waals surface area (Å²) in [7, 11) is 0. The van der Waals surface area contributed by atoms with Crippen molar-refractivity contribution in [3.05, 3.63) is 58.3 Å². The van der Waals surface area contributed by atoms with E-state index in [-0.39, 0.29) is 16.7 Å². The van der Waals surface area contributed by atoms with E-state index in [9.17, 15) is 4.79 Å². The SMILES string of the molecule is CC1(C)C[C@]1(C(=O)N1CCc2nc(-c3cccnc3)[nH]c2C1)c1cccs1. The van der Waals surface area contributed by atoms with E-state index in [1.165, 1.54) is 4.88 Å². The predicted molar refractivity (Wildman–Crippen MR) is 105 cm³/mol. The summed E-state index contributed by atoms with van der Waals surface area (Å²) in [5.41, 5.74) is 2.75. The molecule has 1 fully saturated rings. The van der Waals surface area contributed by atoms with Crippen LogP contribution in [0.4, 0.5) is 0 Å². The minimum Gasteiger partial charge on any atom is -0.340 e. The third-order valence-electron chi connectivity index (χ3n) is 6.10. The number of amides is 1. The van der Waals surface area contributed by atoms with Crippen LogP contribution in [0, 0.1) is 5.41 Å². The maximum absolute atomic E-state index is 13.6. The van der Waals surface area contributed by atoms with Gasteiger partial charge in [0.2, 0.25) is 5.91 Å². The molecule has 138 valence electrons. The number of aromatic nitrogens is 3. The zero-order valence-electron chi connectivity index (χ0n) is 15.5. The molecule has 0 spiro atoms. The number of carbonyl (C=O) groups excluding carboxylic acids is 1. The predicted octanol–water partition coefficient (Wildman–Crippen LogP) is 3.79. The largest absolute Gasteiger partial charge is 0.340 e. The number of nitrogens with zero attached hydrogens (tertiary/aromatic N) is 3. The Kier molecular flexibility index (Phi) is 3.56. The van der Waals surface area contributed by atoms with E-state index in [1.807, 2.05) is 29.3 Å². The maximum Gasteiger partial charge on any atom is 0.234 e. The van der Waals surface area contributed by atoms with Crippen molar-refractivity contribution in [1.29, 1.82) is 0 Å². The smallest absolute Gasteiger partial charge is 0.234 e. The lowest BCUT2D eigenvalue weighted by Crippen LogP contribution is -2.43. The number of hydrogen-bond donors (Lipinski definition) is 1. The second kappa shape index (κ2) is 5.76. The minimum atomic E-state index is -0.356. The van der Waals surface area contributed by atoms with Crippen molar-refractivity contribution in [3.63, 3.8) is 0 Å². The fourth-order valence-corrected chi connectivity index (χ4v) is 5.51. The highest BCUT2D eigenvalue weighted by Crippen LogP contribution is 2.66. The zero-order valence-corrected chi connectivity index (χ0v) is 16.3. The third kappa shape index (κ3) is 2.46. The normalized spacial score (nSPS) is 23.1. The van der Waals surface area contributed by atoms with Gasteiger partial charge in [0.25, 0.3) is 0 Å². The molecule has 0 saturated heterocycles. The van der Waals surface area contributed by atoms with Gasteiger partial charge < -0.3 is 9.88 Å². The molecule has 1 N–H and O–H groups in total. The number of H-pyrrole nitrogens is 1. The number of imidazole rings is 1. The average Bonchev–Trinajstić information content (AvgIpc) is 3.12. The topological polar surface area (TPSA) is 61.9 Å². The molecule has 3 aromatic rings. The highest BCUT2D eigenvalue weighted by Gasteiger charge is 2.68. The van der Waals surface area contributed by atoms with Crippen molar-refractivity contribution in [2.24, 2.45) is 5.41 Å². The van der Waals surface area contributed by atoms with Crippen LogP contribution in [-0.2, 0) is 23.2 Å². The fourth-order valence-electron chi connectivity index (χ4n) is 4.41. The molecule has 2 aliphatic rings. The number of aromatic amines is 1. The van der Waals surface area contributed by atoms with Gasteiger partial charge in [0, 0.05) is 35.8 Å². The number of nitrogens with one attached hydrogen (secondary N) is 1. The van der Waals surface area contributed by atoms with Crippen molar-refractivity contribution >= 4 is 17.2 Å². The van der Waals surface area contributed by atoms with E-state index in [1.54, 1.807) is 17.5 Å². The van der Waals surface area contributed by atoms with Gasteiger partial charge in [0.05, 0.1) is 23.3 Å². The number of fused-ring (bicyclic) bond motifs is 1. The molecule has 3 aromatic heterocycles. The summed E-state index contributed by atoms with van der Waals surface area (Å²) in [6.07, 6.45) is 5.28. The molecule has 1 aliphatic carbocycles. The van der Waals surface area contributed by atoms with Crippen LogP contribution in [-0.4, -0.2) is 32.3 Å². The van der Waals surface area contributed by atoms with Gasteiger partial charge in [-0.25, -0.2) is 4.98 Å². The monoisotopic (exact) mass is 378 g/mol. The van der Waals surface area contributed by atoms with Crippen molar-refractivity contribution in [2.45, 2.75) is 38.6 Å². The van der Waals surface area contributed by atoms with Crippen LogP contribution < -0.4 is 0 Å². The lowest BCUT2D eigenvalue weighted by atomic mass is 9.91. The molecule has 4 heterocycles. The van der Waals surface area contributed by atoms with Gasteiger partial charge in [-0.2, -0.15) is 0 Å². The van der Waals surface area contributed by atoms with Crippen LogP contribution in [0.1, 0.15) is 36.5 Å². The van der Waals surface area contributed by atoms with E-state index < -0.39 is 0 Å². The number of hydrogen-bond acceptors (Lipinski definition) is 4. The van der Waals surface area contributed by atoms with Crippen LogP contribution in [0.3, 0.4) is 0 Å². The first kappa shape index (κ1) is 16.7. The number of carbonyl (C=O) groups is 1. The Morgan fingerprint density at radius 1 is 1.30 bits per heavy atom. The van der Waals surface area contributed by atoms with Crippen LogP contribution in [0.2, 0.25) is 0 Å². The molecular weight excluding hydrogens is 356 g/mol. The molecule has 6 heteroatoms. The summed E-state index contributed by atoms with van der Waals surface area (Å²) in [6, 6.07) is 8.07. The molecule has 0 unspecified atom stereocenters. The Labute approximate surface area is 162 Å². The molecule has 0 aromatic carbocycles. The fraction of sp³-hybridized carbons (Fsp3) is 0.381. The molecule has 5 rings (SSSR count). The first-order valence-corrected chi connectivity index (χ1v) is 10.2. The standard InChI is InChI=1S/C21H22N4OS/c1-20(2)13-21(20,17-6-4-10-27-17)19(26)25-9-7-15-16(12-25)24-18(23-15)14-5-3-8-22-11-14/h3-6,8,10-11H,7,9,12-13H2,1-2H3,(H,23,24)/t21-/m1/s1. The Hall–Kier alpha value is -2.47. The summed E-state index contributed by atoms with van der Waals surface area (Å²) in [6.45, 7) is 5.74.